The van der Waals surface area contributed by atoms with E-state index in [0.717, 1.165) is 18.5 Å². The van der Waals surface area contributed by atoms with Crippen LogP contribution < -0.4 is 0 Å². The van der Waals surface area contributed by atoms with E-state index in [1.165, 1.54) is 11.1 Å². The van der Waals surface area contributed by atoms with Gasteiger partial charge in [0.15, 0.2) is 0 Å². The Balaban J connectivity index is 2.42. The third kappa shape index (κ3) is 2.77. The zero-order chi connectivity index (χ0) is 12.8. The van der Waals surface area contributed by atoms with E-state index in [0.29, 0.717) is 0 Å². The highest BCUT2D eigenvalue weighted by Crippen LogP contribution is 2.30. The van der Waals surface area contributed by atoms with Crippen molar-refractivity contribution >= 4 is 0 Å². The van der Waals surface area contributed by atoms with Gasteiger partial charge >= 0.3 is 0 Å². The Hall–Kier alpha value is -1.67. The lowest BCUT2D eigenvalue weighted by atomic mass is 9.97. The van der Waals surface area contributed by atoms with Gasteiger partial charge in [0.2, 0.25) is 0 Å². The number of hydrogen-bond donors (Lipinski definition) is 0. The monoisotopic (exact) mass is 241 g/mol. The van der Waals surface area contributed by atoms with Crippen molar-refractivity contribution in [1.29, 1.82) is 0 Å². The summed E-state index contributed by atoms with van der Waals surface area (Å²) < 4.78 is 5.61. The predicted octanol–water partition coefficient (Wildman–Crippen LogP) is 4.24. The molecule has 1 aromatic carbocycles. The van der Waals surface area contributed by atoms with E-state index >= 15 is 0 Å². The number of hydrogen-bond acceptors (Lipinski definition) is 2. The molecule has 0 bridgehead atoms. The molecule has 0 saturated heterocycles. The molecule has 0 aliphatic carbocycles. The van der Waals surface area contributed by atoms with E-state index in [9.17, 15) is 0 Å². The maximum Gasteiger partial charge on any atom is 0.0827 e. The average Bonchev–Trinajstić information content (AvgIpc) is 2.46. The maximum atomic E-state index is 5.61. The van der Waals surface area contributed by atoms with Gasteiger partial charge in [-0.15, -0.1) is 0 Å². The van der Waals surface area contributed by atoms with Crippen molar-refractivity contribution in [3.8, 4) is 11.3 Å². The summed E-state index contributed by atoms with van der Waals surface area (Å²) in [7, 11) is 1.77. The van der Waals surface area contributed by atoms with Crippen LogP contribution in [0.5, 0.6) is 0 Å². The van der Waals surface area contributed by atoms with Crippen LogP contribution in [0.3, 0.4) is 0 Å². The molecule has 0 aliphatic heterocycles. The lowest BCUT2D eigenvalue weighted by molar-refractivity contribution is 0.0954. The van der Waals surface area contributed by atoms with Gasteiger partial charge in [-0.05, 0) is 24.1 Å². The molecule has 0 saturated carbocycles. The van der Waals surface area contributed by atoms with E-state index in [1.807, 2.05) is 30.5 Å². The van der Waals surface area contributed by atoms with Gasteiger partial charge in [-0.2, -0.15) is 0 Å². The van der Waals surface area contributed by atoms with Crippen molar-refractivity contribution in [3.63, 3.8) is 0 Å². The van der Waals surface area contributed by atoms with E-state index < -0.39 is 0 Å². The molecule has 18 heavy (non-hydrogen) atoms. The first kappa shape index (κ1) is 12.8. The first-order valence-electron chi connectivity index (χ1n) is 6.40. The van der Waals surface area contributed by atoms with Crippen LogP contribution >= 0.6 is 0 Å². The quantitative estimate of drug-likeness (QED) is 0.781. The lowest BCUT2D eigenvalue weighted by Crippen LogP contribution is -2.03. The Morgan fingerprint density at radius 3 is 2.56 bits per heavy atom. The van der Waals surface area contributed by atoms with Crippen molar-refractivity contribution < 1.29 is 4.74 Å². The molecule has 1 heterocycles. The second-order valence-corrected chi connectivity index (χ2v) is 4.32. The fraction of sp³-hybridized carbons (Fsp3) is 0.312. The van der Waals surface area contributed by atoms with Crippen molar-refractivity contribution in [2.75, 3.05) is 7.11 Å². The van der Waals surface area contributed by atoms with Gasteiger partial charge in [-0.3, -0.25) is 4.98 Å². The largest absolute Gasteiger partial charge is 0.377 e. The summed E-state index contributed by atoms with van der Waals surface area (Å²) in [6, 6.07) is 14.3. The van der Waals surface area contributed by atoms with E-state index in [2.05, 4.69) is 30.1 Å². The van der Waals surface area contributed by atoms with Gasteiger partial charge in [-0.1, -0.05) is 43.7 Å². The minimum absolute atomic E-state index is 0.146. The molecule has 0 fully saturated rings. The summed E-state index contributed by atoms with van der Waals surface area (Å²) in [5.41, 5.74) is 3.39. The SMILES string of the molecule is CCCC(OC)c1ccccc1-c1ccccn1. The third-order valence-corrected chi connectivity index (χ3v) is 3.08. The highest BCUT2D eigenvalue weighted by molar-refractivity contribution is 5.64. The summed E-state index contributed by atoms with van der Waals surface area (Å²) in [5.74, 6) is 0. The summed E-state index contributed by atoms with van der Waals surface area (Å²) in [6.45, 7) is 2.18. The van der Waals surface area contributed by atoms with Gasteiger partial charge in [0.1, 0.15) is 0 Å². The molecule has 0 aliphatic rings. The molecule has 1 unspecified atom stereocenters. The highest BCUT2D eigenvalue weighted by Gasteiger charge is 2.14. The summed E-state index contributed by atoms with van der Waals surface area (Å²) in [6.07, 6.45) is 4.11. The number of nitrogens with zero attached hydrogens (tertiary/aromatic N) is 1. The lowest BCUT2D eigenvalue weighted by Gasteiger charge is -2.18. The summed E-state index contributed by atoms with van der Waals surface area (Å²) in [5, 5.41) is 0. The number of pyridine rings is 1. The molecule has 1 atom stereocenters. The molecule has 2 heteroatoms. The number of rotatable bonds is 5. The normalized spacial score (nSPS) is 12.3. The minimum Gasteiger partial charge on any atom is -0.377 e. The van der Waals surface area contributed by atoms with Crippen molar-refractivity contribution in [2.45, 2.75) is 25.9 Å². The van der Waals surface area contributed by atoms with Crippen LogP contribution in [0.15, 0.2) is 48.7 Å². The van der Waals surface area contributed by atoms with Crippen LogP contribution in [0.4, 0.5) is 0 Å². The molecule has 94 valence electrons. The maximum absolute atomic E-state index is 5.61. The molecule has 2 aromatic rings. The van der Waals surface area contributed by atoms with E-state index in [1.54, 1.807) is 7.11 Å². The number of methoxy groups -OCH3 is 1. The highest BCUT2D eigenvalue weighted by atomic mass is 16.5. The van der Waals surface area contributed by atoms with Gasteiger partial charge in [-0.25, -0.2) is 0 Å². The Bertz CT molecular complexity index is 481. The van der Waals surface area contributed by atoms with Gasteiger partial charge in [0.05, 0.1) is 11.8 Å². The van der Waals surface area contributed by atoms with Crippen LogP contribution in [-0.2, 0) is 4.74 Å². The van der Waals surface area contributed by atoms with Crippen molar-refractivity contribution in [1.82, 2.24) is 4.98 Å². The molecule has 0 radical (unpaired) electrons. The van der Waals surface area contributed by atoms with Crippen molar-refractivity contribution in [3.05, 3.63) is 54.2 Å². The Kier molecular flexibility index (Phi) is 4.48. The van der Waals surface area contributed by atoms with E-state index in [-0.39, 0.29) is 6.10 Å². The Morgan fingerprint density at radius 2 is 1.89 bits per heavy atom. The third-order valence-electron chi connectivity index (χ3n) is 3.08. The zero-order valence-electron chi connectivity index (χ0n) is 11.0. The van der Waals surface area contributed by atoms with Crippen LogP contribution in [0, 0.1) is 0 Å². The van der Waals surface area contributed by atoms with Gasteiger partial charge in [0, 0.05) is 18.9 Å². The second kappa shape index (κ2) is 6.31. The van der Waals surface area contributed by atoms with Gasteiger partial charge < -0.3 is 4.74 Å². The standard InChI is InChI=1S/C16H19NO/c1-3-8-16(18-2)14-10-5-4-9-13(14)15-11-6-7-12-17-15/h4-7,9-12,16H,3,8H2,1-2H3. The zero-order valence-corrected chi connectivity index (χ0v) is 11.0. The molecule has 0 amide bonds. The van der Waals surface area contributed by atoms with E-state index in [4.69, 9.17) is 4.74 Å². The summed E-state index contributed by atoms with van der Waals surface area (Å²) in [4.78, 5) is 4.43. The van der Waals surface area contributed by atoms with Gasteiger partial charge in [0.25, 0.3) is 0 Å². The van der Waals surface area contributed by atoms with Crippen LogP contribution in [0.1, 0.15) is 31.4 Å². The molecule has 2 rings (SSSR count). The minimum atomic E-state index is 0.146. The number of ether oxygens (including phenoxy) is 1. The number of benzene rings is 1. The topological polar surface area (TPSA) is 22.1 Å². The fourth-order valence-corrected chi connectivity index (χ4v) is 2.20. The first-order chi connectivity index (χ1) is 8.86. The Labute approximate surface area is 109 Å². The molecule has 2 nitrogen and oxygen atoms in total. The fourth-order valence-electron chi connectivity index (χ4n) is 2.20. The molecule has 0 spiro atoms. The number of aromatic nitrogens is 1. The second-order valence-electron chi connectivity index (χ2n) is 4.32. The Morgan fingerprint density at radius 1 is 1.11 bits per heavy atom. The molecule has 0 N–H and O–H groups in total. The average molecular weight is 241 g/mol. The predicted molar refractivity (Wildman–Crippen MR) is 74.3 cm³/mol. The van der Waals surface area contributed by atoms with Crippen LogP contribution in [0.25, 0.3) is 11.3 Å². The molecular formula is C16H19NO. The van der Waals surface area contributed by atoms with Crippen LogP contribution in [0.2, 0.25) is 0 Å². The van der Waals surface area contributed by atoms with Crippen LogP contribution in [-0.4, -0.2) is 12.1 Å². The summed E-state index contributed by atoms with van der Waals surface area (Å²) >= 11 is 0. The first-order valence-corrected chi connectivity index (χ1v) is 6.40. The van der Waals surface area contributed by atoms with Crippen molar-refractivity contribution in [2.24, 2.45) is 0 Å². The molecular weight excluding hydrogens is 222 g/mol. The molecule has 1 aromatic heterocycles. The smallest absolute Gasteiger partial charge is 0.0827 e.